The molecule has 31 heavy (non-hydrogen) atoms. The van der Waals surface area contributed by atoms with E-state index in [9.17, 15) is 9.59 Å². The molecule has 164 valence electrons. The zero-order chi connectivity index (χ0) is 21.7. The molecule has 1 fully saturated rings. The first-order chi connectivity index (χ1) is 15.2. The SMILES string of the molecule is O=C(NCCCC[C@H](C(=O)N/N=C/c1ccccc1)N1CCCCC1)c1ccccc1. The van der Waals surface area contributed by atoms with Crippen molar-refractivity contribution < 1.29 is 9.59 Å². The van der Waals surface area contributed by atoms with E-state index in [0.717, 1.165) is 50.8 Å². The van der Waals surface area contributed by atoms with E-state index in [-0.39, 0.29) is 17.9 Å². The van der Waals surface area contributed by atoms with E-state index in [4.69, 9.17) is 0 Å². The molecule has 0 aliphatic carbocycles. The topological polar surface area (TPSA) is 73.8 Å². The Hall–Kier alpha value is -2.99. The molecule has 1 aliphatic heterocycles. The summed E-state index contributed by atoms with van der Waals surface area (Å²) in [7, 11) is 0. The number of piperidine rings is 1. The molecule has 6 heteroatoms. The lowest BCUT2D eigenvalue weighted by Crippen LogP contribution is -2.47. The number of rotatable bonds is 10. The zero-order valence-electron chi connectivity index (χ0n) is 18.0. The van der Waals surface area contributed by atoms with Crippen LogP contribution in [0.2, 0.25) is 0 Å². The summed E-state index contributed by atoms with van der Waals surface area (Å²) in [6.45, 7) is 2.50. The summed E-state index contributed by atoms with van der Waals surface area (Å²) >= 11 is 0. The van der Waals surface area contributed by atoms with Crippen molar-refractivity contribution in [2.24, 2.45) is 5.10 Å². The molecule has 2 N–H and O–H groups in total. The van der Waals surface area contributed by atoms with Crippen LogP contribution in [0.25, 0.3) is 0 Å². The predicted octanol–water partition coefficient (Wildman–Crippen LogP) is 3.59. The molecular formula is C25H32N4O2. The highest BCUT2D eigenvalue weighted by atomic mass is 16.2. The van der Waals surface area contributed by atoms with Crippen LogP contribution in [-0.2, 0) is 4.79 Å². The number of nitrogens with one attached hydrogen (secondary N) is 2. The van der Waals surface area contributed by atoms with Crippen LogP contribution < -0.4 is 10.7 Å². The fourth-order valence-electron chi connectivity index (χ4n) is 3.85. The van der Waals surface area contributed by atoms with Crippen molar-refractivity contribution in [2.75, 3.05) is 19.6 Å². The monoisotopic (exact) mass is 420 g/mol. The highest BCUT2D eigenvalue weighted by molar-refractivity contribution is 5.94. The number of carbonyl (C=O) groups excluding carboxylic acids is 2. The molecule has 0 saturated carbocycles. The molecule has 1 saturated heterocycles. The van der Waals surface area contributed by atoms with Crippen molar-refractivity contribution in [3.8, 4) is 0 Å². The first-order valence-electron chi connectivity index (χ1n) is 11.2. The summed E-state index contributed by atoms with van der Waals surface area (Å²) in [5.41, 5.74) is 4.35. The van der Waals surface area contributed by atoms with Crippen LogP contribution in [0.1, 0.15) is 54.4 Å². The second-order valence-corrected chi connectivity index (χ2v) is 7.88. The van der Waals surface area contributed by atoms with Crippen LogP contribution in [0.15, 0.2) is 65.8 Å². The minimum Gasteiger partial charge on any atom is -0.352 e. The van der Waals surface area contributed by atoms with Crippen LogP contribution >= 0.6 is 0 Å². The number of hydrazone groups is 1. The number of hydrogen-bond donors (Lipinski definition) is 2. The van der Waals surface area contributed by atoms with Gasteiger partial charge in [-0.2, -0.15) is 5.10 Å². The van der Waals surface area contributed by atoms with Gasteiger partial charge in [0.1, 0.15) is 0 Å². The van der Waals surface area contributed by atoms with Gasteiger partial charge in [-0.15, -0.1) is 0 Å². The van der Waals surface area contributed by atoms with Crippen LogP contribution in [0, 0.1) is 0 Å². The molecule has 3 rings (SSSR count). The summed E-state index contributed by atoms with van der Waals surface area (Å²) in [4.78, 5) is 27.3. The zero-order valence-corrected chi connectivity index (χ0v) is 18.0. The standard InChI is InChI=1S/C25H32N4O2/c30-24(22-14-6-2-7-15-22)26-17-9-8-16-23(29-18-10-3-11-19-29)25(31)28-27-20-21-12-4-1-5-13-21/h1-2,4-7,12-15,20,23H,3,8-11,16-19H2,(H,26,30)(H,28,31)/b27-20+/t23-/m1/s1. The summed E-state index contributed by atoms with van der Waals surface area (Å²) in [6, 6.07) is 18.8. The Morgan fingerprint density at radius 2 is 1.61 bits per heavy atom. The summed E-state index contributed by atoms with van der Waals surface area (Å²) < 4.78 is 0. The van der Waals surface area contributed by atoms with Gasteiger partial charge in [0, 0.05) is 12.1 Å². The average molecular weight is 421 g/mol. The minimum absolute atomic E-state index is 0.0533. The Bertz CT molecular complexity index is 833. The molecule has 2 aromatic rings. The highest BCUT2D eigenvalue weighted by Crippen LogP contribution is 2.16. The Morgan fingerprint density at radius 1 is 0.935 bits per heavy atom. The first kappa shape index (κ1) is 22.7. The third-order valence-electron chi connectivity index (χ3n) is 5.55. The van der Waals surface area contributed by atoms with Gasteiger partial charge in [0.05, 0.1) is 12.3 Å². The average Bonchev–Trinajstić information content (AvgIpc) is 2.83. The number of hydrogen-bond acceptors (Lipinski definition) is 4. The van der Waals surface area contributed by atoms with Crippen LogP contribution in [-0.4, -0.2) is 48.6 Å². The summed E-state index contributed by atoms with van der Waals surface area (Å²) in [5, 5.41) is 7.11. The third-order valence-corrected chi connectivity index (χ3v) is 5.55. The molecule has 0 unspecified atom stereocenters. The van der Waals surface area contributed by atoms with Gasteiger partial charge in [-0.25, -0.2) is 5.43 Å². The van der Waals surface area contributed by atoms with Crippen molar-refractivity contribution in [3.05, 3.63) is 71.8 Å². The molecule has 0 radical (unpaired) electrons. The highest BCUT2D eigenvalue weighted by Gasteiger charge is 2.26. The van der Waals surface area contributed by atoms with Gasteiger partial charge in [0.15, 0.2) is 0 Å². The fraction of sp³-hybridized carbons (Fsp3) is 0.400. The van der Waals surface area contributed by atoms with E-state index in [1.54, 1.807) is 6.21 Å². The van der Waals surface area contributed by atoms with Crippen molar-refractivity contribution >= 4 is 18.0 Å². The van der Waals surface area contributed by atoms with E-state index in [1.807, 2.05) is 60.7 Å². The number of nitrogens with zero attached hydrogens (tertiary/aromatic N) is 2. The second-order valence-electron chi connectivity index (χ2n) is 7.88. The maximum atomic E-state index is 12.9. The predicted molar refractivity (Wildman–Crippen MR) is 124 cm³/mol. The third kappa shape index (κ3) is 7.64. The number of carbonyl (C=O) groups is 2. The lowest BCUT2D eigenvalue weighted by molar-refractivity contribution is -0.127. The Labute approximate surface area is 184 Å². The van der Waals surface area contributed by atoms with E-state index in [1.165, 1.54) is 6.42 Å². The van der Waals surface area contributed by atoms with Crippen molar-refractivity contribution in [1.82, 2.24) is 15.6 Å². The van der Waals surface area contributed by atoms with E-state index in [0.29, 0.717) is 12.1 Å². The Balaban J connectivity index is 1.46. The molecule has 2 amide bonds. The lowest BCUT2D eigenvalue weighted by atomic mass is 10.0. The maximum Gasteiger partial charge on any atom is 0.257 e. The smallest absolute Gasteiger partial charge is 0.257 e. The normalized spacial score (nSPS) is 15.5. The molecule has 0 spiro atoms. The fourth-order valence-corrected chi connectivity index (χ4v) is 3.85. The number of amides is 2. The minimum atomic E-state index is -0.182. The van der Waals surface area contributed by atoms with Crippen LogP contribution in [0.5, 0.6) is 0 Å². The molecule has 1 aliphatic rings. The molecule has 1 atom stereocenters. The number of unbranched alkanes of at least 4 members (excludes halogenated alkanes) is 1. The Kier molecular flexibility index (Phi) is 9.26. The van der Waals surface area contributed by atoms with Gasteiger partial charge in [0.25, 0.3) is 11.8 Å². The van der Waals surface area contributed by atoms with Crippen LogP contribution in [0.4, 0.5) is 0 Å². The Morgan fingerprint density at radius 3 is 2.32 bits per heavy atom. The first-order valence-corrected chi connectivity index (χ1v) is 11.2. The van der Waals surface area contributed by atoms with Gasteiger partial charge in [-0.05, 0) is 62.9 Å². The van der Waals surface area contributed by atoms with Gasteiger partial charge in [-0.1, -0.05) is 55.0 Å². The molecule has 0 bridgehead atoms. The van der Waals surface area contributed by atoms with Gasteiger partial charge in [0.2, 0.25) is 0 Å². The van der Waals surface area contributed by atoms with E-state index >= 15 is 0 Å². The molecule has 1 heterocycles. The maximum absolute atomic E-state index is 12.9. The largest absolute Gasteiger partial charge is 0.352 e. The van der Waals surface area contributed by atoms with Crippen molar-refractivity contribution in [3.63, 3.8) is 0 Å². The second kappa shape index (κ2) is 12.6. The van der Waals surface area contributed by atoms with Crippen molar-refractivity contribution in [1.29, 1.82) is 0 Å². The molecular weight excluding hydrogens is 388 g/mol. The molecule has 6 nitrogen and oxygen atoms in total. The quantitative estimate of drug-likeness (QED) is 0.350. The van der Waals surface area contributed by atoms with Gasteiger partial charge in [-0.3, -0.25) is 14.5 Å². The van der Waals surface area contributed by atoms with Crippen molar-refractivity contribution in [2.45, 2.75) is 44.6 Å². The summed E-state index contributed by atoms with van der Waals surface area (Å²) in [6.07, 6.45) is 7.62. The number of likely N-dealkylation sites (tertiary alicyclic amines) is 1. The van der Waals surface area contributed by atoms with Crippen LogP contribution in [0.3, 0.4) is 0 Å². The lowest BCUT2D eigenvalue weighted by Gasteiger charge is -2.33. The van der Waals surface area contributed by atoms with Gasteiger partial charge >= 0.3 is 0 Å². The molecule has 0 aromatic heterocycles. The number of benzene rings is 2. The van der Waals surface area contributed by atoms with E-state index < -0.39 is 0 Å². The van der Waals surface area contributed by atoms with Gasteiger partial charge < -0.3 is 5.32 Å². The van der Waals surface area contributed by atoms with E-state index in [2.05, 4.69) is 20.7 Å². The molecule has 2 aromatic carbocycles. The summed E-state index contributed by atoms with van der Waals surface area (Å²) in [5.74, 6) is -0.108.